The first kappa shape index (κ1) is 22.1. The van der Waals surface area contributed by atoms with Crippen molar-refractivity contribution >= 4 is 10.8 Å². The fourth-order valence-corrected chi connectivity index (χ4v) is 2.16. The van der Waals surface area contributed by atoms with Crippen LogP contribution in [0.1, 0.15) is 23.1 Å². The Hall–Kier alpha value is -0.227. The molecule has 0 spiro atoms. The number of aryl methyl sites for hydroxylation is 2. The Balaban J connectivity index is 0. The summed E-state index contributed by atoms with van der Waals surface area (Å²) in [4.78, 5) is 0. The smallest absolute Gasteiger partial charge is 1.00 e. The second kappa shape index (κ2) is 10.5. The van der Waals surface area contributed by atoms with Crippen LogP contribution in [-0.2, 0) is 26.2 Å². The van der Waals surface area contributed by atoms with Crippen molar-refractivity contribution in [3.8, 4) is 0 Å². The first-order chi connectivity index (χ1) is 8.22. The Kier molecular flexibility index (Phi) is 11.6. The maximum Gasteiger partial charge on any atom is 4.00 e. The fraction of sp³-hybridized carbons (Fsp3) is 0.235. The zero-order valence-electron chi connectivity index (χ0n) is 12.0. The van der Waals surface area contributed by atoms with Crippen LogP contribution in [0.5, 0.6) is 0 Å². The van der Waals surface area contributed by atoms with E-state index in [0.717, 1.165) is 6.42 Å². The van der Waals surface area contributed by atoms with Gasteiger partial charge in [-0.2, -0.15) is 11.6 Å². The third kappa shape index (κ3) is 4.95. The molecule has 0 nitrogen and oxygen atoms in total. The number of hydrogen-bond acceptors (Lipinski definition) is 0. The van der Waals surface area contributed by atoms with Gasteiger partial charge in [0.2, 0.25) is 0 Å². The molecule has 0 amide bonds. The van der Waals surface area contributed by atoms with Gasteiger partial charge in [0.25, 0.3) is 0 Å². The molecule has 0 saturated carbocycles. The van der Waals surface area contributed by atoms with Gasteiger partial charge < -0.3 is 24.8 Å². The number of fused-ring (bicyclic) bond motifs is 1. The largest absolute Gasteiger partial charge is 4.00 e. The van der Waals surface area contributed by atoms with Crippen molar-refractivity contribution in [3.05, 3.63) is 65.3 Å². The van der Waals surface area contributed by atoms with Gasteiger partial charge in [0.15, 0.2) is 0 Å². The molecule has 20 heavy (non-hydrogen) atoms. The summed E-state index contributed by atoms with van der Waals surface area (Å²) < 4.78 is 0. The van der Waals surface area contributed by atoms with E-state index in [4.69, 9.17) is 0 Å². The van der Waals surface area contributed by atoms with E-state index in [2.05, 4.69) is 57.2 Å². The molecule has 0 N–H and O–H groups in total. The molecule has 1 aliphatic carbocycles. The third-order valence-corrected chi connectivity index (χ3v) is 3.45. The van der Waals surface area contributed by atoms with Crippen LogP contribution in [0.3, 0.4) is 0 Å². The summed E-state index contributed by atoms with van der Waals surface area (Å²) in [6, 6.07) is 8.61. The van der Waals surface area contributed by atoms with Gasteiger partial charge in [0, 0.05) is 0 Å². The monoisotopic (exact) mass is 382 g/mol. The molecule has 3 heteroatoms. The van der Waals surface area contributed by atoms with Gasteiger partial charge in [-0.25, -0.2) is 12.2 Å². The second-order valence-electron chi connectivity index (χ2n) is 4.42. The van der Waals surface area contributed by atoms with Crippen molar-refractivity contribution in [1.29, 1.82) is 0 Å². The summed E-state index contributed by atoms with van der Waals surface area (Å²) in [5.74, 6) is 0. The van der Waals surface area contributed by atoms with E-state index in [-0.39, 0.29) is 51.0 Å². The van der Waals surface area contributed by atoms with Gasteiger partial charge in [-0.15, -0.1) is 46.5 Å². The molecular formula is C17H18Cl2Zr. The normalized spacial score (nSPS) is 10.9. The molecule has 0 radical (unpaired) electrons. The zero-order chi connectivity index (χ0) is 12.3. The minimum atomic E-state index is 0. The summed E-state index contributed by atoms with van der Waals surface area (Å²) in [7, 11) is 0. The second-order valence-corrected chi connectivity index (χ2v) is 4.42. The maximum absolute atomic E-state index is 2.99. The van der Waals surface area contributed by atoms with E-state index in [1.807, 2.05) is 12.2 Å². The Morgan fingerprint density at radius 1 is 1.10 bits per heavy atom. The van der Waals surface area contributed by atoms with Crippen LogP contribution in [-0.4, -0.2) is 0 Å². The Bertz CT molecular complexity index is 531. The van der Waals surface area contributed by atoms with E-state index in [1.165, 1.54) is 27.5 Å². The van der Waals surface area contributed by atoms with Gasteiger partial charge in [-0.3, -0.25) is 6.08 Å². The summed E-state index contributed by atoms with van der Waals surface area (Å²) >= 11 is 0. The Morgan fingerprint density at radius 2 is 1.75 bits per heavy atom. The number of hydrogen-bond donors (Lipinski definition) is 0. The number of benzene rings is 1. The first-order valence-corrected chi connectivity index (χ1v) is 6.04. The molecule has 0 atom stereocenters. The standard InChI is InChI=1S/C12H13.C5H5.2ClH.Zr/c1-8-9(2)11-6-4-5-7-12(11)10(8)3;1-2-4-5-3-1;;;/h4-7H,1-3H3;1-3H,4H2;2*1H;/q2*-1;;;+4/p-2. The molecule has 0 saturated heterocycles. The molecule has 0 unspecified atom stereocenters. The van der Waals surface area contributed by atoms with Crippen LogP contribution in [0.15, 0.2) is 42.5 Å². The first-order valence-electron chi connectivity index (χ1n) is 6.04. The summed E-state index contributed by atoms with van der Waals surface area (Å²) in [6.07, 6.45) is 10.0. The number of halogens is 2. The van der Waals surface area contributed by atoms with Gasteiger partial charge in [0.05, 0.1) is 0 Å². The van der Waals surface area contributed by atoms with E-state index in [9.17, 15) is 0 Å². The van der Waals surface area contributed by atoms with Crippen molar-refractivity contribution in [3.63, 3.8) is 0 Å². The van der Waals surface area contributed by atoms with Crippen LogP contribution in [0, 0.1) is 26.8 Å². The molecule has 0 aromatic heterocycles. The van der Waals surface area contributed by atoms with Crippen molar-refractivity contribution in [2.24, 2.45) is 0 Å². The molecule has 0 fully saturated rings. The van der Waals surface area contributed by atoms with Crippen LogP contribution in [0.4, 0.5) is 0 Å². The van der Waals surface area contributed by atoms with Crippen molar-refractivity contribution in [2.45, 2.75) is 27.2 Å². The van der Waals surface area contributed by atoms with Crippen LogP contribution in [0.25, 0.3) is 10.8 Å². The van der Waals surface area contributed by atoms with E-state index >= 15 is 0 Å². The molecular weight excluding hydrogens is 366 g/mol. The van der Waals surface area contributed by atoms with Crippen LogP contribution >= 0.6 is 0 Å². The Labute approximate surface area is 153 Å². The van der Waals surface area contributed by atoms with E-state index in [0.29, 0.717) is 0 Å². The van der Waals surface area contributed by atoms with Crippen molar-refractivity contribution in [2.75, 3.05) is 0 Å². The quantitative estimate of drug-likeness (QED) is 0.501. The molecule has 2 aromatic carbocycles. The van der Waals surface area contributed by atoms with Gasteiger partial charge >= 0.3 is 26.2 Å². The average molecular weight is 384 g/mol. The summed E-state index contributed by atoms with van der Waals surface area (Å²) in [6.45, 7) is 6.60. The predicted molar refractivity (Wildman–Crippen MR) is 75.3 cm³/mol. The molecule has 0 aliphatic heterocycles. The van der Waals surface area contributed by atoms with Crippen LogP contribution in [0.2, 0.25) is 0 Å². The van der Waals surface area contributed by atoms with E-state index in [1.54, 1.807) is 0 Å². The fourth-order valence-electron chi connectivity index (χ4n) is 2.16. The minimum absolute atomic E-state index is 0. The number of rotatable bonds is 0. The molecule has 1 aliphatic rings. The van der Waals surface area contributed by atoms with Gasteiger partial charge in [-0.05, 0) is 0 Å². The molecule has 0 heterocycles. The van der Waals surface area contributed by atoms with Crippen molar-refractivity contribution in [1.82, 2.24) is 0 Å². The summed E-state index contributed by atoms with van der Waals surface area (Å²) in [5, 5.41) is 2.82. The molecule has 104 valence electrons. The van der Waals surface area contributed by atoms with Crippen molar-refractivity contribution < 1.29 is 51.0 Å². The minimum Gasteiger partial charge on any atom is -1.00 e. The third-order valence-electron chi connectivity index (χ3n) is 3.45. The maximum atomic E-state index is 2.99. The molecule has 2 aromatic rings. The SMILES string of the molecule is Cc1c(C)[c-](C)c2ccccc12.[C-]1=CC=CC1.[Cl-].[Cl-].[Zr+4]. The Morgan fingerprint density at radius 3 is 2.20 bits per heavy atom. The van der Waals surface area contributed by atoms with Crippen LogP contribution < -0.4 is 24.8 Å². The van der Waals surface area contributed by atoms with Gasteiger partial charge in [0.1, 0.15) is 0 Å². The topological polar surface area (TPSA) is 0 Å². The summed E-state index contributed by atoms with van der Waals surface area (Å²) in [5.41, 5.74) is 4.31. The molecule has 0 bridgehead atoms. The van der Waals surface area contributed by atoms with E-state index < -0.39 is 0 Å². The zero-order valence-corrected chi connectivity index (χ0v) is 16.0. The predicted octanol–water partition coefficient (Wildman–Crippen LogP) is -1.20. The molecule has 3 rings (SSSR count). The number of allylic oxidation sites excluding steroid dienone is 4. The average Bonchev–Trinajstić information content (AvgIpc) is 3.00. The van der Waals surface area contributed by atoms with Gasteiger partial charge in [-0.1, -0.05) is 26.8 Å².